The Morgan fingerprint density at radius 1 is 1.11 bits per heavy atom. The zero-order valence-corrected chi connectivity index (χ0v) is 10.7. The zero-order valence-electron chi connectivity index (χ0n) is 9.09. The van der Waals surface area contributed by atoms with Gasteiger partial charge < -0.3 is 10.3 Å². The molecule has 0 bridgehead atoms. The lowest BCUT2D eigenvalue weighted by Gasteiger charge is -2.07. The normalized spacial score (nSPS) is 10.1. The minimum absolute atomic E-state index is 0. The lowest BCUT2D eigenvalue weighted by molar-refractivity contribution is 1.20. The van der Waals surface area contributed by atoms with Crippen molar-refractivity contribution in [3.8, 4) is 0 Å². The molecule has 0 saturated heterocycles. The summed E-state index contributed by atoms with van der Waals surface area (Å²) in [5, 5.41) is 3.78. The van der Waals surface area contributed by atoms with Gasteiger partial charge in [0.05, 0.1) is 17.0 Å². The highest BCUT2D eigenvalue weighted by molar-refractivity contribution is 6.33. The van der Waals surface area contributed by atoms with Crippen LogP contribution in [0.5, 0.6) is 0 Å². The molecule has 0 aliphatic rings. The third-order valence-electron chi connectivity index (χ3n) is 2.35. The van der Waals surface area contributed by atoms with Crippen LogP contribution in [0.1, 0.15) is 0 Å². The number of halogens is 2. The van der Waals surface area contributed by atoms with Crippen LogP contribution in [0.15, 0.2) is 36.9 Å². The van der Waals surface area contributed by atoms with Gasteiger partial charge in [-0.15, -0.1) is 12.4 Å². The fraction of sp³-hybridized carbons (Fsp3) is 0. The molecule has 0 aliphatic heterocycles. The number of aromatic nitrogens is 4. The molecular weight excluding hydrogens is 273 g/mol. The number of para-hydroxylation sites is 1. The number of H-pyrrole nitrogens is 1. The summed E-state index contributed by atoms with van der Waals surface area (Å²) in [6, 6.07) is 7.47. The van der Waals surface area contributed by atoms with Crippen molar-refractivity contribution in [1.82, 2.24) is 19.9 Å². The zero-order chi connectivity index (χ0) is 11.7. The molecule has 3 rings (SSSR count). The summed E-state index contributed by atoms with van der Waals surface area (Å²) in [6.45, 7) is 0. The molecule has 2 aromatic heterocycles. The van der Waals surface area contributed by atoms with Crippen LogP contribution in [0.4, 0.5) is 11.5 Å². The minimum atomic E-state index is 0. The van der Waals surface area contributed by atoms with Gasteiger partial charge in [0.15, 0.2) is 11.5 Å². The van der Waals surface area contributed by atoms with Gasteiger partial charge in [0.1, 0.15) is 11.8 Å². The lowest BCUT2D eigenvalue weighted by atomic mass is 10.3. The fourth-order valence-electron chi connectivity index (χ4n) is 1.55. The van der Waals surface area contributed by atoms with Gasteiger partial charge in [0.25, 0.3) is 0 Å². The average molecular weight is 282 g/mol. The first-order valence-corrected chi connectivity index (χ1v) is 5.38. The van der Waals surface area contributed by atoms with E-state index in [0.29, 0.717) is 16.5 Å². The van der Waals surface area contributed by atoms with Crippen molar-refractivity contribution in [2.45, 2.75) is 0 Å². The number of nitrogens with one attached hydrogen (secondary N) is 2. The summed E-state index contributed by atoms with van der Waals surface area (Å²) < 4.78 is 0. The summed E-state index contributed by atoms with van der Waals surface area (Å²) in [5.41, 5.74) is 2.17. The first-order valence-electron chi connectivity index (χ1n) is 5.00. The van der Waals surface area contributed by atoms with E-state index in [0.717, 1.165) is 11.2 Å². The Labute approximate surface area is 114 Å². The number of aromatic amines is 1. The molecule has 0 unspecified atom stereocenters. The van der Waals surface area contributed by atoms with Gasteiger partial charge in [-0.3, -0.25) is 0 Å². The highest BCUT2D eigenvalue weighted by Crippen LogP contribution is 2.26. The molecule has 0 aliphatic carbocycles. The maximum Gasteiger partial charge on any atom is 0.182 e. The summed E-state index contributed by atoms with van der Waals surface area (Å²) >= 11 is 6.07. The average Bonchev–Trinajstić information content (AvgIpc) is 2.81. The Hall–Kier alpha value is -1.85. The molecule has 0 radical (unpaired) electrons. The number of rotatable bonds is 2. The monoisotopic (exact) mass is 281 g/mol. The Morgan fingerprint density at radius 2 is 1.94 bits per heavy atom. The number of hydrogen-bond acceptors (Lipinski definition) is 4. The van der Waals surface area contributed by atoms with E-state index in [-0.39, 0.29) is 12.4 Å². The summed E-state index contributed by atoms with van der Waals surface area (Å²) in [5.74, 6) is 0.653. The SMILES string of the molecule is Cl.Clc1ccccc1Nc1ncnc2nc[nH]c12. The molecular formula is C11H9Cl2N5. The van der Waals surface area contributed by atoms with Gasteiger partial charge in [0, 0.05) is 0 Å². The summed E-state index contributed by atoms with van der Waals surface area (Å²) in [6.07, 6.45) is 3.04. The number of anilines is 2. The van der Waals surface area contributed by atoms with E-state index < -0.39 is 0 Å². The molecule has 18 heavy (non-hydrogen) atoms. The standard InChI is InChI=1S/C11H8ClN5.ClH/c12-7-3-1-2-4-8(7)17-11-9-10(14-5-13-9)15-6-16-11;/h1-6H,(H2,13,14,15,16,17);1H. The van der Waals surface area contributed by atoms with E-state index in [4.69, 9.17) is 11.6 Å². The molecule has 0 atom stereocenters. The first-order chi connectivity index (χ1) is 8.34. The number of hydrogen-bond donors (Lipinski definition) is 2. The molecule has 92 valence electrons. The van der Waals surface area contributed by atoms with Crippen molar-refractivity contribution in [1.29, 1.82) is 0 Å². The van der Waals surface area contributed by atoms with Gasteiger partial charge in [-0.1, -0.05) is 23.7 Å². The van der Waals surface area contributed by atoms with Crippen LogP contribution in [-0.2, 0) is 0 Å². The Balaban J connectivity index is 0.00000120. The molecule has 0 amide bonds. The maximum atomic E-state index is 6.07. The van der Waals surface area contributed by atoms with E-state index in [1.165, 1.54) is 6.33 Å². The second-order valence-corrected chi connectivity index (χ2v) is 3.84. The summed E-state index contributed by atoms with van der Waals surface area (Å²) in [7, 11) is 0. The summed E-state index contributed by atoms with van der Waals surface area (Å²) in [4.78, 5) is 15.3. The maximum absolute atomic E-state index is 6.07. The van der Waals surface area contributed by atoms with Crippen LogP contribution in [0.3, 0.4) is 0 Å². The predicted molar refractivity (Wildman–Crippen MR) is 73.7 cm³/mol. The van der Waals surface area contributed by atoms with Crippen LogP contribution in [-0.4, -0.2) is 19.9 Å². The van der Waals surface area contributed by atoms with Crippen molar-refractivity contribution >= 4 is 46.7 Å². The Kier molecular flexibility index (Phi) is 3.64. The van der Waals surface area contributed by atoms with Crippen molar-refractivity contribution < 1.29 is 0 Å². The molecule has 0 saturated carbocycles. The van der Waals surface area contributed by atoms with Gasteiger partial charge in [-0.25, -0.2) is 15.0 Å². The Morgan fingerprint density at radius 3 is 2.78 bits per heavy atom. The molecule has 7 heteroatoms. The van der Waals surface area contributed by atoms with Crippen molar-refractivity contribution in [3.05, 3.63) is 41.9 Å². The van der Waals surface area contributed by atoms with Crippen molar-refractivity contribution in [3.63, 3.8) is 0 Å². The van der Waals surface area contributed by atoms with E-state index in [2.05, 4.69) is 25.3 Å². The fourth-order valence-corrected chi connectivity index (χ4v) is 1.73. The van der Waals surface area contributed by atoms with E-state index in [9.17, 15) is 0 Å². The third-order valence-corrected chi connectivity index (χ3v) is 2.68. The van der Waals surface area contributed by atoms with Gasteiger partial charge in [0.2, 0.25) is 0 Å². The van der Waals surface area contributed by atoms with Gasteiger partial charge >= 0.3 is 0 Å². The number of fused-ring (bicyclic) bond motifs is 1. The molecule has 0 spiro atoms. The second kappa shape index (κ2) is 5.20. The van der Waals surface area contributed by atoms with Crippen molar-refractivity contribution in [2.75, 3.05) is 5.32 Å². The predicted octanol–water partition coefficient (Wildman–Crippen LogP) is 3.17. The van der Waals surface area contributed by atoms with Gasteiger partial charge in [-0.2, -0.15) is 0 Å². The number of benzene rings is 1. The number of nitrogens with zero attached hydrogens (tertiary/aromatic N) is 3. The number of imidazole rings is 1. The molecule has 1 aromatic carbocycles. The van der Waals surface area contributed by atoms with Gasteiger partial charge in [-0.05, 0) is 12.1 Å². The minimum Gasteiger partial charge on any atom is -0.340 e. The largest absolute Gasteiger partial charge is 0.340 e. The first kappa shape index (κ1) is 12.6. The van der Waals surface area contributed by atoms with E-state index in [1.54, 1.807) is 6.33 Å². The van der Waals surface area contributed by atoms with Crippen LogP contribution in [0, 0.1) is 0 Å². The smallest absolute Gasteiger partial charge is 0.182 e. The molecule has 2 heterocycles. The topological polar surface area (TPSA) is 66.5 Å². The highest BCUT2D eigenvalue weighted by atomic mass is 35.5. The molecule has 2 N–H and O–H groups in total. The lowest BCUT2D eigenvalue weighted by Crippen LogP contribution is -1.96. The van der Waals surface area contributed by atoms with Crippen LogP contribution < -0.4 is 5.32 Å². The van der Waals surface area contributed by atoms with E-state index in [1.807, 2.05) is 24.3 Å². The third kappa shape index (κ3) is 2.23. The molecule has 0 fully saturated rings. The van der Waals surface area contributed by atoms with Crippen LogP contribution >= 0.6 is 24.0 Å². The van der Waals surface area contributed by atoms with Crippen LogP contribution in [0.2, 0.25) is 5.02 Å². The molecule has 3 aromatic rings. The Bertz CT molecular complexity index is 667. The van der Waals surface area contributed by atoms with Crippen molar-refractivity contribution in [2.24, 2.45) is 0 Å². The molecule has 5 nitrogen and oxygen atoms in total. The van der Waals surface area contributed by atoms with E-state index >= 15 is 0 Å². The van der Waals surface area contributed by atoms with Crippen LogP contribution in [0.25, 0.3) is 11.2 Å². The quantitative estimate of drug-likeness (QED) is 0.757. The highest BCUT2D eigenvalue weighted by Gasteiger charge is 2.07. The second-order valence-electron chi connectivity index (χ2n) is 3.43.